The predicted octanol–water partition coefficient (Wildman–Crippen LogP) is 6.77. The van der Waals surface area contributed by atoms with Gasteiger partial charge in [0.2, 0.25) is 0 Å². The van der Waals surface area contributed by atoms with Gasteiger partial charge in [0.15, 0.2) is 6.17 Å². The number of carboxylic acids is 1. The third-order valence-electron chi connectivity index (χ3n) is 6.19. The Morgan fingerprint density at radius 2 is 1.63 bits per heavy atom. The molecule has 1 unspecified atom stereocenters. The van der Waals surface area contributed by atoms with Crippen molar-refractivity contribution in [3.8, 4) is 11.1 Å². The van der Waals surface area contributed by atoms with Gasteiger partial charge in [0.25, 0.3) is 5.91 Å². The Labute approximate surface area is 212 Å². The van der Waals surface area contributed by atoms with Crippen molar-refractivity contribution in [1.82, 2.24) is 5.01 Å². The minimum atomic E-state index is -2.21. The first-order chi connectivity index (χ1) is 16.7. The second kappa shape index (κ2) is 10.2. The lowest BCUT2D eigenvalue weighted by atomic mass is 9.88. The molecule has 3 aromatic rings. The summed E-state index contributed by atoms with van der Waals surface area (Å²) in [6, 6.07) is 17.7. The zero-order chi connectivity index (χ0) is 25.3. The van der Waals surface area contributed by atoms with Crippen LogP contribution in [-0.4, -0.2) is 33.9 Å². The van der Waals surface area contributed by atoms with E-state index in [1.165, 1.54) is 0 Å². The Morgan fingerprint density at radius 1 is 1.03 bits per heavy atom. The van der Waals surface area contributed by atoms with E-state index < -0.39 is 30.5 Å². The van der Waals surface area contributed by atoms with Crippen LogP contribution < -0.4 is 0 Å². The van der Waals surface area contributed by atoms with Crippen molar-refractivity contribution < 1.29 is 19.1 Å². The Balaban J connectivity index is 1.81. The first kappa shape index (κ1) is 24.9. The second-order valence-corrected chi connectivity index (χ2v) is 9.38. The number of alkyl halides is 1. The number of aliphatic carboxylic acids is 1. The third kappa shape index (κ3) is 5.24. The van der Waals surface area contributed by atoms with Gasteiger partial charge in [-0.1, -0.05) is 59.6 Å². The molecule has 1 aliphatic heterocycles. The van der Waals surface area contributed by atoms with E-state index in [1.54, 1.807) is 24.3 Å². The van der Waals surface area contributed by atoms with Gasteiger partial charge in [-0.15, -0.1) is 0 Å². The lowest BCUT2D eigenvalue weighted by molar-refractivity contribution is -0.146. The van der Waals surface area contributed by atoms with Crippen molar-refractivity contribution in [3.63, 3.8) is 0 Å². The van der Waals surface area contributed by atoms with Crippen molar-refractivity contribution in [2.75, 3.05) is 0 Å². The molecule has 1 amide bonds. The number of halogens is 3. The van der Waals surface area contributed by atoms with E-state index in [2.05, 4.69) is 5.10 Å². The minimum absolute atomic E-state index is 0.330. The highest BCUT2D eigenvalue weighted by Crippen LogP contribution is 2.38. The molecule has 0 aliphatic carbocycles. The van der Waals surface area contributed by atoms with E-state index in [4.69, 9.17) is 28.3 Å². The number of amides is 1. The van der Waals surface area contributed by atoms with Crippen LogP contribution >= 0.6 is 23.2 Å². The molecule has 3 aromatic carbocycles. The number of rotatable bonds is 6. The van der Waals surface area contributed by atoms with Crippen LogP contribution in [0, 0.1) is 13.8 Å². The van der Waals surface area contributed by atoms with Gasteiger partial charge in [-0.25, -0.2) is 9.40 Å². The number of benzene rings is 3. The fraction of sp³-hybridized carbons (Fsp3) is 0.222. The minimum Gasteiger partial charge on any atom is -0.481 e. The average molecular weight is 513 g/mol. The fourth-order valence-corrected chi connectivity index (χ4v) is 4.50. The van der Waals surface area contributed by atoms with Crippen LogP contribution in [0.3, 0.4) is 0 Å². The van der Waals surface area contributed by atoms with Gasteiger partial charge >= 0.3 is 5.97 Å². The Bertz CT molecular complexity index is 1310. The molecule has 180 valence electrons. The number of nitrogens with zero attached hydrogens (tertiary/aromatic N) is 2. The van der Waals surface area contributed by atoms with E-state index in [-0.39, 0.29) is 0 Å². The van der Waals surface area contributed by atoms with Gasteiger partial charge in [-0.3, -0.25) is 9.59 Å². The van der Waals surface area contributed by atoms with E-state index in [9.17, 15) is 14.0 Å². The van der Waals surface area contributed by atoms with Gasteiger partial charge in [-0.2, -0.15) is 5.10 Å². The SMILES string of the molecule is Cc1ccc(C2=NN(C(=O)C(F)CC(=O)O)[C@@H](c3ccc(Cl)cc3)C2)c(-c2ccc(Cl)cc2)c1C. The molecule has 0 bridgehead atoms. The third-order valence-corrected chi connectivity index (χ3v) is 6.70. The summed E-state index contributed by atoms with van der Waals surface area (Å²) in [5, 5.41) is 15.8. The smallest absolute Gasteiger partial charge is 0.306 e. The molecule has 1 aliphatic rings. The molecule has 0 spiro atoms. The topological polar surface area (TPSA) is 70.0 Å². The summed E-state index contributed by atoms with van der Waals surface area (Å²) in [5.74, 6) is -2.38. The van der Waals surface area contributed by atoms with Crippen molar-refractivity contribution in [2.24, 2.45) is 5.10 Å². The largest absolute Gasteiger partial charge is 0.481 e. The number of aryl methyl sites for hydroxylation is 1. The maximum atomic E-state index is 14.6. The predicted molar refractivity (Wildman–Crippen MR) is 136 cm³/mol. The number of carbonyl (C=O) groups is 2. The van der Waals surface area contributed by atoms with E-state index in [1.807, 2.05) is 50.2 Å². The quantitative estimate of drug-likeness (QED) is 0.396. The number of carbonyl (C=O) groups excluding carboxylic acids is 1. The molecule has 1 heterocycles. The zero-order valence-corrected chi connectivity index (χ0v) is 20.6. The Hall–Kier alpha value is -3.22. The van der Waals surface area contributed by atoms with Gasteiger partial charge < -0.3 is 5.11 Å². The lowest BCUT2D eigenvalue weighted by Crippen LogP contribution is -2.35. The summed E-state index contributed by atoms with van der Waals surface area (Å²) < 4.78 is 14.6. The van der Waals surface area contributed by atoms with E-state index in [0.717, 1.165) is 38.4 Å². The number of carboxylic acid groups (broad SMARTS) is 1. The standard InChI is InChI=1S/C27H23Cl2FN2O3/c1-15-3-12-21(26(16(15)2)18-6-10-20(29)11-7-18)23-14-24(17-4-8-19(28)9-5-17)32(31-23)27(35)22(30)13-25(33)34/h3-12,22,24H,13-14H2,1-2H3,(H,33,34)/t22?,24-/m1/s1. The van der Waals surface area contributed by atoms with Crippen LogP contribution in [0.4, 0.5) is 4.39 Å². The molecular formula is C27H23Cl2FN2O3. The Morgan fingerprint density at radius 3 is 2.23 bits per heavy atom. The molecule has 5 nitrogen and oxygen atoms in total. The fourth-order valence-electron chi connectivity index (χ4n) is 4.25. The van der Waals surface area contributed by atoms with Crippen molar-refractivity contribution in [3.05, 3.63) is 93.0 Å². The van der Waals surface area contributed by atoms with Gasteiger partial charge in [0.05, 0.1) is 18.2 Å². The first-order valence-corrected chi connectivity index (χ1v) is 11.8. The van der Waals surface area contributed by atoms with Gasteiger partial charge in [0.1, 0.15) is 0 Å². The van der Waals surface area contributed by atoms with Crippen molar-refractivity contribution >= 4 is 40.8 Å². The van der Waals surface area contributed by atoms with E-state index in [0.29, 0.717) is 22.2 Å². The van der Waals surface area contributed by atoms with Crippen LogP contribution in [0.5, 0.6) is 0 Å². The Kier molecular flexibility index (Phi) is 7.24. The van der Waals surface area contributed by atoms with Crippen LogP contribution in [0.1, 0.15) is 41.1 Å². The van der Waals surface area contributed by atoms with Crippen LogP contribution in [0.15, 0.2) is 65.8 Å². The molecule has 0 radical (unpaired) electrons. The highest BCUT2D eigenvalue weighted by atomic mass is 35.5. The summed E-state index contributed by atoms with van der Waals surface area (Å²) in [6.45, 7) is 4.03. The normalized spacial score (nSPS) is 16.2. The molecular weight excluding hydrogens is 490 g/mol. The highest BCUT2D eigenvalue weighted by Gasteiger charge is 2.38. The molecule has 0 saturated carbocycles. The summed E-state index contributed by atoms with van der Waals surface area (Å²) >= 11 is 12.1. The molecule has 0 fully saturated rings. The molecule has 0 aromatic heterocycles. The molecule has 35 heavy (non-hydrogen) atoms. The summed E-state index contributed by atoms with van der Waals surface area (Å²) in [4.78, 5) is 24.0. The molecule has 8 heteroatoms. The van der Waals surface area contributed by atoms with Crippen LogP contribution in [-0.2, 0) is 9.59 Å². The zero-order valence-electron chi connectivity index (χ0n) is 19.1. The lowest BCUT2D eigenvalue weighted by Gasteiger charge is -2.23. The first-order valence-electron chi connectivity index (χ1n) is 11.0. The maximum absolute atomic E-state index is 14.6. The van der Waals surface area contributed by atoms with E-state index >= 15 is 0 Å². The van der Waals surface area contributed by atoms with Gasteiger partial charge in [-0.05, 0) is 65.9 Å². The average Bonchev–Trinajstić information content (AvgIpc) is 3.26. The van der Waals surface area contributed by atoms with Crippen LogP contribution in [0.25, 0.3) is 11.1 Å². The summed E-state index contributed by atoms with van der Waals surface area (Å²) in [7, 11) is 0. The highest BCUT2D eigenvalue weighted by molar-refractivity contribution is 6.30. The van der Waals surface area contributed by atoms with Crippen molar-refractivity contribution in [1.29, 1.82) is 0 Å². The number of hydrazone groups is 1. The van der Waals surface area contributed by atoms with Gasteiger partial charge in [0, 0.05) is 22.0 Å². The molecule has 1 N–H and O–H groups in total. The summed E-state index contributed by atoms with van der Waals surface area (Å²) in [6.07, 6.45) is -2.80. The molecule has 0 saturated heterocycles. The number of hydrogen-bond acceptors (Lipinski definition) is 3. The molecule has 4 rings (SSSR count). The maximum Gasteiger partial charge on any atom is 0.306 e. The molecule has 2 atom stereocenters. The monoisotopic (exact) mass is 512 g/mol. The van der Waals surface area contributed by atoms with Crippen molar-refractivity contribution in [2.45, 2.75) is 38.9 Å². The number of hydrogen-bond donors (Lipinski definition) is 1. The van der Waals surface area contributed by atoms with Crippen LogP contribution in [0.2, 0.25) is 10.0 Å². The summed E-state index contributed by atoms with van der Waals surface area (Å²) in [5.41, 5.74) is 6.18. The second-order valence-electron chi connectivity index (χ2n) is 8.50.